The second-order valence-corrected chi connectivity index (χ2v) is 3.81. The quantitative estimate of drug-likeness (QED) is 0.655. The topological polar surface area (TPSA) is 41.1 Å². The second-order valence-electron chi connectivity index (χ2n) is 3.81. The van der Waals surface area contributed by atoms with E-state index in [9.17, 15) is 4.79 Å². The Morgan fingerprint density at radius 3 is 2.43 bits per heavy atom. The third-order valence-corrected chi connectivity index (χ3v) is 2.57. The molecule has 3 heteroatoms. The van der Waals surface area contributed by atoms with Crippen LogP contribution in [0.25, 0.3) is 0 Å². The van der Waals surface area contributed by atoms with Crippen molar-refractivity contribution in [2.75, 3.05) is 0 Å². The highest BCUT2D eigenvalue weighted by Crippen LogP contribution is 2.16. The number of urea groups is 1. The molecule has 0 heterocycles. The van der Waals surface area contributed by atoms with E-state index in [2.05, 4.69) is 10.6 Å². The van der Waals surface area contributed by atoms with Crippen molar-refractivity contribution in [2.45, 2.75) is 51.5 Å². The highest BCUT2D eigenvalue weighted by atomic mass is 16.2. The highest BCUT2D eigenvalue weighted by molar-refractivity contribution is 5.75. The largest absolute Gasteiger partial charge is 0.335 e. The van der Waals surface area contributed by atoms with E-state index in [1.807, 2.05) is 13.0 Å². The molecule has 80 valence electrons. The minimum absolute atomic E-state index is 0.0741. The molecule has 0 aromatic carbocycles. The predicted molar refractivity (Wildman–Crippen MR) is 58.0 cm³/mol. The van der Waals surface area contributed by atoms with Gasteiger partial charge in [0.15, 0.2) is 0 Å². The van der Waals surface area contributed by atoms with Gasteiger partial charge in [0.1, 0.15) is 0 Å². The van der Waals surface area contributed by atoms with Crippen LogP contribution in [0.2, 0.25) is 0 Å². The first-order valence-electron chi connectivity index (χ1n) is 5.51. The summed E-state index contributed by atoms with van der Waals surface area (Å²) in [6, 6.07) is 0.303. The zero-order valence-corrected chi connectivity index (χ0v) is 8.88. The van der Waals surface area contributed by atoms with E-state index in [4.69, 9.17) is 0 Å². The monoisotopic (exact) mass is 196 g/mol. The fourth-order valence-electron chi connectivity index (χ4n) is 1.81. The number of carbonyl (C=O) groups is 1. The molecule has 0 bridgehead atoms. The lowest BCUT2D eigenvalue weighted by Gasteiger charge is -2.15. The maximum Gasteiger partial charge on any atom is 0.318 e. The Hall–Kier alpha value is -0.990. The van der Waals surface area contributed by atoms with Gasteiger partial charge < -0.3 is 10.6 Å². The predicted octanol–water partition coefficient (Wildman–Crippen LogP) is 2.54. The average Bonchev–Trinajstić information content (AvgIpc) is 2.43. The van der Waals surface area contributed by atoms with Crippen LogP contribution in [0, 0.1) is 0 Å². The Morgan fingerprint density at radius 1 is 1.21 bits per heavy atom. The molecule has 1 rings (SSSR count). The molecule has 2 N–H and O–H groups in total. The minimum Gasteiger partial charge on any atom is -0.335 e. The maximum absolute atomic E-state index is 11.3. The molecule has 0 spiro atoms. The summed E-state index contributed by atoms with van der Waals surface area (Å²) < 4.78 is 0. The van der Waals surface area contributed by atoms with E-state index in [1.54, 1.807) is 6.20 Å². The van der Waals surface area contributed by atoms with Crippen molar-refractivity contribution in [2.24, 2.45) is 0 Å². The number of nitrogens with one attached hydrogen (secondary N) is 2. The molecule has 0 aliphatic heterocycles. The Kier molecular flexibility index (Phi) is 5.12. The van der Waals surface area contributed by atoms with Gasteiger partial charge in [-0.25, -0.2) is 4.79 Å². The molecule has 0 unspecified atom stereocenters. The molecule has 1 aliphatic rings. The number of hydrogen-bond acceptors (Lipinski definition) is 1. The molecule has 0 aromatic rings. The molecule has 14 heavy (non-hydrogen) atoms. The van der Waals surface area contributed by atoms with E-state index < -0.39 is 0 Å². The summed E-state index contributed by atoms with van der Waals surface area (Å²) in [7, 11) is 0. The summed E-state index contributed by atoms with van der Waals surface area (Å²) in [6.45, 7) is 1.88. The molecule has 1 fully saturated rings. The maximum atomic E-state index is 11.3. The van der Waals surface area contributed by atoms with Crippen molar-refractivity contribution >= 4 is 6.03 Å². The van der Waals surface area contributed by atoms with Crippen LogP contribution in [-0.4, -0.2) is 12.1 Å². The smallest absolute Gasteiger partial charge is 0.318 e. The number of rotatable bonds is 2. The molecule has 0 aromatic heterocycles. The van der Waals surface area contributed by atoms with Gasteiger partial charge in [-0.2, -0.15) is 0 Å². The summed E-state index contributed by atoms with van der Waals surface area (Å²) in [6.07, 6.45) is 10.8. The SMILES string of the molecule is C/C=C/NC(=O)NC1CCCCCC1. The Balaban J connectivity index is 2.23. The first kappa shape index (κ1) is 11.1. The van der Waals surface area contributed by atoms with Crippen molar-refractivity contribution in [3.8, 4) is 0 Å². The Labute approximate surface area is 86.0 Å². The van der Waals surface area contributed by atoms with Crippen LogP contribution in [0.1, 0.15) is 45.4 Å². The van der Waals surface area contributed by atoms with Crippen LogP contribution in [0.15, 0.2) is 12.3 Å². The van der Waals surface area contributed by atoms with Crippen LogP contribution in [0.3, 0.4) is 0 Å². The second kappa shape index (κ2) is 6.46. The molecular formula is C11H20N2O. The number of amides is 2. The number of hydrogen-bond donors (Lipinski definition) is 2. The number of carbonyl (C=O) groups excluding carboxylic acids is 1. The van der Waals surface area contributed by atoms with Gasteiger partial charge in [0.2, 0.25) is 0 Å². The third kappa shape index (κ3) is 4.30. The average molecular weight is 196 g/mol. The van der Waals surface area contributed by atoms with Gasteiger partial charge in [0.05, 0.1) is 0 Å². The normalized spacial score (nSPS) is 19.2. The van der Waals surface area contributed by atoms with E-state index in [0.717, 1.165) is 12.8 Å². The van der Waals surface area contributed by atoms with Crippen LogP contribution >= 0.6 is 0 Å². The molecule has 0 saturated heterocycles. The summed E-state index contributed by atoms with van der Waals surface area (Å²) >= 11 is 0. The van der Waals surface area contributed by atoms with Gasteiger partial charge in [0.25, 0.3) is 0 Å². The minimum atomic E-state index is -0.0741. The zero-order valence-electron chi connectivity index (χ0n) is 8.88. The summed E-state index contributed by atoms with van der Waals surface area (Å²) in [4.78, 5) is 11.3. The van der Waals surface area contributed by atoms with Gasteiger partial charge in [-0.3, -0.25) is 0 Å². The van der Waals surface area contributed by atoms with Crippen LogP contribution in [0.4, 0.5) is 4.79 Å². The fraction of sp³-hybridized carbons (Fsp3) is 0.727. The van der Waals surface area contributed by atoms with Gasteiger partial charge in [-0.05, 0) is 19.8 Å². The lowest BCUT2D eigenvalue weighted by molar-refractivity contribution is 0.239. The van der Waals surface area contributed by atoms with E-state index in [0.29, 0.717) is 6.04 Å². The van der Waals surface area contributed by atoms with Crippen LogP contribution in [-0.2, 0) is 0 Å². The van der Waals surface area contributed by atoms with Crippen molar-refractivity contribution < 1.29 is 4.79 Å². The van der Waals surface area contributed by atoms with Gasteiger partial charge in [0, 0.05) is 12.2 Å². The van der Waals surface area contributed by atoms with Crippen molar-refractivity contribution in [1.29, 1.82) is 0 Å². The lowest BCUT2D eigenvalue weighted by Crippen LogP contribution is -2.39. The van der Waals surface area contributed by atoms with Crippen LogP contribution < -0.4 is 10.6 Å². The van der Waals surface area contributed by atoms with E-state index in [-0.39, 0.29) is 6.03 Å². The molecule has 0 radical (unpaired) electrons. The van der Waals surface area contributed by atoms with Gasteiger partial charge >= 0.3 is 6.03 Å². The van der Waals surface area contributed by atoms with Gasteiger partial charge in [-0.1, -0.05) is 31.8 Å². The first-order valence-corrected chi connectivity index (χ1v) is 5.51. The molecular weight excluding hydrogens is 176 g/mol. The standard InChI is InChI=1S/C11H20N2O/c1-2-9-12-11(14)13-10-7-5-3-4-6-8-10/h2,9-10H,3-8H2,1H3,(H2,12,13,14)/b9-2+. The lowest BCUT2D eigenvalue weighted by atomic mass is 10.1. The summed E-state index contributed by atoms with van der Waals surface area (Å²) in [5.74, 6) is 0. The van der Waals surface area contributed by atoms with E-state index in [1.165, 1.54) is 25.7 Å². The fourth-order valence-corrected chi connectivity index (χ4v) is 1.81. The summed E-state index contributed by atoms with van der Waals surface area (Å²) in [5.41, 5.74) is 0. The third-order valence-electron chi connectivity index (χ3n) is 2.57. The molecule has 3 nitrogen and oxygen atoms in total. The molecule has 1 saturated carbocycles. The zero-order chi connectivity index (χ0) is 10.2. The van der Waals surface area contributed by atoms with Gasteiger partial charge in [-0.15, -0.1) is 0 Å². The van der Waals surface area contributed by atoms with Crippen molar-refractivity contribution in [3.05, 3.63) is 12.3 Å². The Bertz CT molecular complexity index is 193. The van der Waals surface area contributed by atoms with Crippen molar-refractivity contribution in [3.63, 3.8) is 0 Å². The highest BCUT2D eigenvalue weighted by Gasteiger charge is 2.13. The first-order chi connectivity index (χ1) is 6.83. The molecule has 2 amide bonds. The molecule has 1 aliphatic carbocycles. The molecule has 0 atom stereocenters. The number of allylic oxidation sites excluding steroid dienone is 1. The summed E-state index contributed by atoms with van der Waals surface area (Å²) in [5, 5.41) is 5.66. The van der Waals surface area contributed by atoms with E-state index >= 15 is 0 Å². The van der Waals surface area contributed by atoms with Crippen molar-refractivity contribution in [1.82, 2.24) is 10.6 Å². The Morgan fingerprint density at radius 2 is 1.86 bits per heavy atom. The van der Waals surface area contributed by atoms with Crippen LogP contribution in [0.5, 0.6) is 0 Å².